The van der Waals surface area contributed by atoms with Crippen molar-refractivity contribution >= 4 is 28.4 Å². The van der Waals surface area contributed by atoms with Gasteiger partial charge < -0.3 is 5.73 Å². The van der Waals surface area contributed by atoms with Gasteiger partial charge in [0.15, 0.2) is 5.82 Å². The molecule has 122 valence electrons. The van der Waals surface area contributed by atoms with Crippen LogP contribution in [-0.4, -0.2) is 22.1 Å². The zero-order valence-electron chi connectivity index (χ0n) is 12.9. The topological polar surface area (TPSA) is 90.0 Å². The number of rotatable bonds is 3. The van der Waals surface area contributed by atoms with Crippen LogP contribution in [0.2, 0.25) is 5.02 Å². The summed E-state index contributed by atoms with van der Waals surface area (Å²) in [6.07, 6.45) is 0. The molecule has 2 aromatic carbocycles. The van der Waals surface area contributed by atoms with Crippen molar-refractivity contribution in [1.82, 2.24) is 9.66 Å². The summed E-state index contributed by atoms with van der Waals surface area (Å²) in [6, 6.07) is 12.3. The Morgan fingerprint density at radius 3 is 2.62 bits per heavy atom. The second-order valence-electron chi connectivity index (χ2n) is 5.34. The van der Waals surface area contributed by atoms with Crippen LogP contribution in [0.25, 0.3) is 22.3 Å². The Kier molecular flexibility index (Phi) is 4.33. The summed E-state index contributed by atoms with van der Waals surface area (Å²) < 4.78 is 1.11. The molecule has 3 aromatic rings. The number of carbonyl (C=O) groups is 1. The summed E-state index contributed by atoms with van der Waals surface area (Å²) >= 11 is 5.97. The molecule has 0 saturated heterocycles. The number of fused-ring (bicyclic) bond motifs is 1. The second kappa shape index (κ2) is 6.43. The van der Waals surface area contributed by atoms with Gasteiger partial charge in [0.25, 0.3) is 11.5 Å². The minimum Gasteiger partial charge on any atom is -0.322 e. The summed E-state index contributed by atoms with van der Waals surface area (Å²) in [6.45, 7) is 1.72. The average Bonchev–Trinajstić information content (AvgIpc) is 2.58. The number of nitrogens with zero attached hydrogens (tertiary/aromatic N) is 2. The molecule has 0 radical (unpaired) electrons. The largest absolute Gasteiger partial charge is 0.322 e. The first kappa shape index (κ1) is 16.2. The maximum absolute atomic E-state index is 12.8. The minimum atomic E-state index is -0.492. The Labute approximate surface area is 142 Å². The van der Waals surface area contributed by atoms with Crippen molar-refractivity contribution in [1.29, 1.82) is 0 Å². The third kappa shape index (κ3) is 3.02. The van der Waals surface area contributed by atoms with Crippen LogP contribution in [0.15, 0.2) is 47.3 Å². The number of halogens is 1. The lowest BCUT2D eigenvalue weighted by atomic mass is 10.1. The number of nitrogens with one attached hydrogen (secondary N) is 1. The molecule has 3 rings (SSSR count). The van der Waals surface area contributed by atoms with Gasteiger partial charge in [-0.1, -0.05) is 41.4 Å². The van der Waals surface area contributed by atoms with Crippen LogP contribution in [-0.2, 0) is 4.79 Å². The highest BCUT2D eigenvalue weighted by Gasteiger charge is 2.15. The smallest absolute Gasteiger partial charge is 0.280 e. The Morgan fingerprint density at radius 1 is 1.25 bits per heavy atom. The lowest BCUT2D eigenvalue weighted by Crippen LogP contribution is -2.38. The molecule has 6 nitrogen and oxygen atoms in total. The fourth-order valence-corrected chi connectivity index (χ4v) is 2.50. The number of aryl methyl sites for hydroxylation is 1. The molecule has 1 aromatic heterocycles. The number of aromatic nitrogens is 2. The number of hydrogen-bond acceptors (Lipinski definition) is 4. The highest BCUT2D eigenvalue weighted by Crippen LogP contribution is 2.20. The Bertz CT molecular complexity index is 980. The van der Waals surface area contributed by atoms with Gasteiger partial charge in [-0.05, 0) is 25.1 Å². The maximum atomic E-state index is 12.8. The van der Waals surface area contributed by atoms with E-state index in [1.807, 2.05) is 31.2 Å². The molecular formula is C17H15ClN4O2. The second-order valence-corrected chi connectivity index (χ2v) is 5.78. The summed E-state index contributed by atoms with van der Waals surface area (Å²) in [7, 11) is 0. The van der Waals surface area contributed by atoms with E-state index < -0.39 is 11.5 Å². The number of hydrogen-bond donors (Lipinski definition) is 2. The van der Waals surface area contributed by atoms with Crippen molar-refractivity contribution in [2.45, 2.75) is 6.92 Å². The van der Waals surface area contributed by atoms with E-state index in [1.165, 1.54) is 6.07 Å². The SMILES string of the molecule is Cc1ccc(-c2nc3ccc(Cl)cc3c(=O)n2NC(=O)CN)cc1. The fourth-order valence-electron chi connectivity index (χ4n) is 2.33. The number of benzene rings is 2. The van der Waals surface area contributed by atoms with Gasteiger partial charge in [0.2, 0.25) is 0 Å². The van der Waals surface area contributed by atoms with E-state index >= 15 is 0 Å². The van der Waals surface area contributed by atoms with Crippen molar-refractivity contribution in [3.05, 3.63) is 63.4 Å². The van der Waals surface area contributed by atoms with Crippen molar-refractivity contribution in [3.63, 3.8) is 0 Å². The first-order chi connectivity index (χ1) is 11.5. The third-order valence-corrected chi connectivity index (χ3v) is 3.80. The van der Waals surface area contributed by atoms with E-state index in [0.717, 1.165) is 10.2 Å². The summed E-state index contributed by atoms with van der Waals surface area (Å²) in [5, 5.41) is 0.733. The summed E-state index contributed by atoms with van der Waals surface area (Å²) in [5.41, 5.74) is 9.69. The van der Waals surface area contributed by atoms with E-state index in [4.69, 9.17) is 17.3 Å². The summed E-state index contributed by atoms with van der Waals surface area (Å²) in [5.74, 6) is -0.162. The van der Waals surface area contributed by atoms with Crippen molar-refractivity contribution in [2.75, 3.05) is 12.0 Å². The molecule has 7 heteroatoms. The minimum absolute atomic E-state index is 0.243. The first-order valence-electron chi connectivity index (χ1n) is 7.29. The average molecular weight is 343 g/mol. The molecule has 1 heterocycles. The molecule has 0 aliphatic heterocycles. The van der Waals surface area contributed by atoms with Crippen LogP contribution < -0.4 is 16.7 Å². The number of amides is 1. The Balaban J connectivity index is 2.31. The highest BCUT2D eigenvalue weighted by atomic mass is 35.5. The van der Waals surface area contributed by atoms with Gasteiger partial charge in [-0.15, -0.1) is 0 Å². The predicted octanol–water partition coefficient (Wildman–Crippen LogP) is 2.05. The van der Waals surface area contributed by atoms with Crippen molar-refractivity contribution < 1.29 is 4.79 Å². The van der Waals surface area contributed by atoms with Crippen LogP contribution in [0.1, 0.15) is 5.56 Å². The van der Waals surface area contributed by atoms with Crippen LogP contribution >= 0.6 is 11.6 Å². The maximum Gasteiger partial charge on any atom is 0.280 e. The molecule has 3 N–H and O–H groups in total. The molecule has 0 aliphatic carbocycles. The van der Waals surface area contributed by atoms with Crippen LogP contribution in [0.4, 0.5) is 0 Å². The number of carbonyl (C=O) groups excluding carboxylic acids is 1. The normalized spacial score (nSPS) is 10.8. The van der Waals surface area contributed by atoms with Crippen molar-refractivity contribution in [3.8, 4) is 11.4 Å². The van der Waals surface area contributed by atoms with Crippen LogP contribution in [0.5, 0.6) is 0 Å². The molecule has 0 atom stereocenters. The van der Waals surface area contributed by atoms with Gasteiger partial charge in [0.1, 0.15) is 0 Å². The molecule has 0 saturated carbocycles. The van der Waals surface area contributed by atoms with Gasteiger partial charge in [-0.3, -0.25) is 15.0 Å². The summed E-state index contributed by atoms with van der Waals surface area (Å²) in [4.78, 5) is 29.0. The van der Waals surface area contributed by atoms with Gasteiger partial charge in [0.05, 0.1) is 17.4 Å². The standard InChI is InChI=1S/C17H15ClN4O2/c1-10-2-4-11(5-3-10)16-20-14-7-6-12(18)8-13(14)17(24)22(16)21-15(23)9-19/h2-8H,9,19H2,1H3,(H,21,23). The van der Waals surface area contributed by atoms with E-state index in [9.17, 15) is 9.59 Å². The van der Waals surface area contributed by atoms with Gasteiger partial charge in [-0.2, -0.15) is 4.68 Å². The first-order valence-corrected chi connectivity index (χ1v) is 7.66. The van der Waals surface area contributed by atoms with Crippen molar-refractivity contribution in [2.24, 2.45) is 5.73 Å². The van der Waals surface area contributed by atoms with E-state index in [1.54, 1.807) is 12.1 Å². The van der Waals surface area contributed by atoms with E-state index in [2.05, 4.69) is 10.4 Å². The molecule has 1 amide bonds. The Hall–Kier alpha value is -2.70. The quantitative estimate of drug-likeness (QED) is 0.762. The number of nitrogens with two attached hydrogens (primary N) is 1. The monoisotopic (exact) mass is 342 g/mol. The predicted molar refractivity (Wildman–Crippen MR) is 94.6 cm³/mol. The molecular weight excluding hydrogens is 328 g/mol. The van der Waals surface area contributed by atoms with Crippen LogP contribution in [0.3, 0.4) is 0 Å². The highest BCUT2D eigenvalue weighted by molar-refractivity contribution is 6.31. The molecule has 24 heavy (non-hydrogen) atoms. The molecule has 0 bridgehead atoms. The van der Waals surface area contributed by atoms with E-state index in [0.29, 0.717) is 27.3 Å². The van der Waals surface area contributed by atoms with Crippen LogP contribution in [0, 0.1) is 6.92 Å². The third-order valence-electron chi connectivity index (χ3n) is 3.56. The van der Waals surface area contributed by atoms with E-state index in [-0.39, 0.29) is 6.54 Å². The fraction of sp³-hybridized carbons (Fsp3) is 0.118. The molecule has 0 fully saturated rings. The lowest BCUT2D eigenvalue weighted by Gasteiger charge is -2.14. The molecule has 0 spiro atoms. The molecule has 0 aliphatic rings. The lowest BCUT2D eigenvalue weighted by molar-refractivity contribution is -0.115. The zero-order chi connectivity index (χ0) is 17.3. The molecule has 0 unspecified atom stereocenters. The van der Waals surface area contributed by atoms with Gasteiger partial charge in [-0.25, -0.2) is 4.98 Å². The van der Waals surface area contributed by atoms with Gasteiger partial charge in [0, 0.05) is 10.6 Å². The van der Waals surface area contributed by atoms with Gasteiger partial charge >= 0.3 is 0 Å². The zero-order valence-corrected chi connectivity index (χ0v) is 13.7. The Morgan fingerprint density at radius 2 is 1.96 bits per heavy atom.